The Bertz CT molecular complexity index is 544. The van der Waals surface area contributed by atoms with Gasteiger partial charge in [-0.2, -0.15) is 0 Å². The average Bonchev–Trinajstić information content (AvgIpc) is 2.96. The van der Waals surface area contributed by atoms with Crippen LogP contribution in [0.25, 0.3) is 0 Å². The zero-order valence-electron chi connectivity index (χ0n) is 12.5. The summed E-state index contributed by atoms with van der Waals surface area (Å²) in [7, 11) is 2.17. The topological polar surface area (TPSA) is 50.1 Å². The van der Waals surface area contributed by atoms with Crippen LogP contribution in [-0.2, 0) is 19.5 Å². The number of hydrogen-bond donors (Lipinski definition) is 0. The number of rotatable bonds is 5. The van der Waals surface area contributed by atoms with E-state index in [2.05, 4.69) is 38.3 Å². The predicted octanol–water partition coefficient (Wildman–Crippen LogP) is 0.663. The van der Waals surface area contributed by atoms with Crippen molar-refractivity contribution < 1.29 is 0 Å². The summed E-state index contributed by atoms with van der Waals surface area (Å²) in [4.78, 5) is 9.13. The van der Waals surface area contributed by atoms with Gasteiger partial charge in [0.2, 0.25) is 0 Å². The molecule has 2 aromatic heterocycles. The van der Waals surface area contributed by atoms with E-state index in [-0.39, 0.29) is 0 Å². The number of pyridine rings is 1. The highest BCUT2D eigenvalue weighted by atomic mass is 15.4. The van der Waals surface area contributed by atoms with Crippen molar-refractivity contribution in [1.82, 2.24) is 29.8 Å². The van der Waals surface area contributed by atoms with Gasteiger partial charge in [0.15, 0.2) is 0 Å². The number of likely N-dealkylation sites (N-methyl/N-ethyl adjacent to an activating group) is 1. The third-order valence-electron chi connectivity index (χ3n) is 3.89. The zero-order chi connectivity index (χ0) is 14.5. The summed E-state index contributed by atoms with van der Waals surface area (Å²) < 4.78 is 1.92. The molecule has 21 heavy (non-hydrogen) atoms. The first-order valence-electron chi connectivity index (χ1n) is 7.49. The maximum absolute atomic E-state index is 4.33. The molecular formula is C15H22N6. The minimum Gasteiger partial charge on any atom is -0.304 e. The average molecular weight is 286 g/mol. The van der Waals surface area contributed by atoms with Crippen LogP contribution in [-0.4, -0.2) is 63.0 Å². The van der Waals surface area contributed by atoms with Gasteiger partial charge in [-0.25, -0.2) is 0 Å². The molecule has 0 spiro atoms. The van der Waals surface area contributed by atoms with Crippen molar-refractivity contribution in [2.75, 3.05) is 33.2 Å². The first kappa shape index (κ1) is 14.2. The number of piperazine rings is 1. The molecule has 112 valence electrons. The summed E-state index contributed by atoms with van der Waals surface area (Å²) in [5.74, 6) is 0. The van der Waals surface area contributed by atoms with Crippen molar-refractivity contribution in [3.8, 4) is 0 Å². The third-order valence-corrected chi connectivity index (χ3v) is 3.89. The van der Waals surface area contributed by atoms with Crippen molar-refractivity contribution in [3.05, 3.63) is 42.0 Å². The lowest BCUT2D eigenvalue weighted by molar-refractivity contribution is 0.147. The monoisotopic (exact) mass is 286 g/mol. The van der Waals surface area contributed by atoms with E-state index < -0.39 is 0 Å². The van der Waals surface area contributed by atoms with E-state index in [1.807, 2.05) is 29.1 Å². The summed E-state index contributed by atoms with van der Waals surface area (Å²) in [5, 5.41) is 8.49. The lowest BCUT2D eigenvalue weighted by atomic mass is 10.3. The molecule has 1 aliphatic rings. The molecule has 1 fully saturated rings. The van der Waals surface area contributed by atoms with Crippen molar-refractivity contribution in [1.29, 1.82) is 0 Å². The van der Waals surface area contributed by atoms with Crippen LogP contribution in [0.2, 0.25) is 0 Å². The molecule has 3 rings (SSSR count). The number of aryl methyl sites for hydroxylation is 2. The fourth-order valence-electron chi connectivity index (χ4n) is 2.53. The maximum Gasteiger partial charge on any atom is 0.0967 e. The molecule has 0 aromatic carbocycles. The molecule has 1 saturated heterocycles. The second-order valence-electron chi connectivity index (χ2n) is 5.62. The SMILES string of the molecule is CN1CCN(Cc2cn(CCc3ccccn3)nn2)CC1. The minimum absolute atomic E-state index is 0.826. The third kappa shape index (κ3) is 4.09. The van der Waals surface area contributed by atoms with Gasteiger partial charge in [-0.3, -0.25) is 14.6 Å². The smallest absolute Gasteiger partial charge is 0.0967 e. The highest BCUT2D eigenvalue weighted by molar-refractivity contribution is 5.03. The van der Waals surface area contributed by atoms with Crippen LogP contribution in [0.4, 0.5) is 0 Å². The molecule has 1 aliphatic heterocycles. The standard InChI is InChI=1S/C15H22N6/c1-19-8-10-20(11-9-19)12-15-13-21(18-17-15)7-5-14-4-2-3-6-16-14/h2-4,6,13H,5,7-12H2,1H3. The molecule has 6 heteroatoms. The van der Waals surface area contributed by atoms with Crippen LogP contribution in [0.3, 0.4) is 0 Å². The van der Waals surface area contributed by atoms with Crippen LogP contribution in [0.15, 0.2) is 30.6 Å². The highest BCUT2D eigenvalue weighted by Gasteiger charge is 2.15. The molecule has 0 atom stereocenters. The Morgan fingerprint density at radius 2 is 1.95 bits per heavy atom. The van der Waals surface area contributed by atoms with Gasteiger partial charge in [0.1, 0.15) is 0 Å². The molecule has 0 N–H and O–H groups in total. The Hall–Kier alpha value is -1.79. The van der Waals surface area contributed by atoms with E-state index in [9.17, 15) is 0 Å². The molecular weight excluding hydrogens is 264 g/mol. The molecule has 0 bridgehead atoms. The lowest BCUT2D eigenvalue weighted by Gasteiger charge is -2.31. The van der Waals surface area contributed by atoms with Crippen LogP contribution in [0.5, 0.6) is 0 Å². The number of aromatic nitrogens is 4. The fraction of sp³-hybridized carbons (Fsp3) is 0.533. The summed E-state index contributed by atoms with van der Waals surface area (Å²) in [5.41, 5.74) is 2.15. The molecule has 0 unspecified atom stereocenters. The van der Waals surface area contributed by atoms with Gasteiger partial charge < -0.3 is 4.90 Å². The Morgan fingerprint density at radius 1 is 1.10 bits per heavy atom. The van der Waals surface area contributed by atoms with Crippen LogP contribution < -0.4 is 0 Å². The van der Waals surface area contributed by atoms with Gasteiger partial charge in [-0.05, 0) is 19.2 Å². The van der Waals surface area contributed by atoms with E-state index in [1.54, 1.807) is 0 Å². The Labute approximate surface area is 125 Å². The van der Waals surface area contributed by atoms with Crippen LogP contribution in [0, 0.1) is 0 Å². The number of nitrogens with zero attached hydrogens (tertiary/aromatic N) is 6. The van der Waals surface area contributed by atoms with Crippen molar-refractivity contribution in [2.45, 2.75) is 19.5 Å². The zero-order valence-corrected chi connectivity index (χ0v) is 12.5. The van der Waals surface area contributed by atoms with Gasteiger partial charge >= 0.3 is 0 Å². The van der Waals surface area contributed by atoms with Gasteiger partial charge in [0, 0.05) is 63.8 Å². The van der Waals surface area contributed by atoms with Gasteiger partial charge in [-0.15, -0.1) is 5.10 Å². The van der Waals surface area contributed by atoms with Gasteiger partial charge in [0.25, 0.3) is 0 Å². The summed E-state index contributed by atoms with van der Waals surface area (Å²) in [6.45, 7) is 6.21. The molecule has 2 aromatic rings. The predicted molar refractivity (Wildman–Crippen MR) is 80.7 cm³/mol. The second-order valence-corrected chi connectivity index (χ2v) is 5.62. The Kier molecular flexibility index (Phi) is 4.57. The van der Waals surface area contributed by atoms with E-state index in [1.165, 1.54) is 0 Å². The van der Waals surface area contributed by atoms with Gasteiger partial charge in [0.05, 0.1) is 5.69 Å². The van der Waals surface area contributed by atoms with Crippen LogP contribution >= 0.6 is 0 Å². The van der Waals surface area contributed by atoms with E-state index >= 15 is 0 Å². The molecule has 0 radical (unpaired) electrons. The fourth-order valence-corrected chi connectivity index (χ4v) is 2.53. The first-order chi connectivity index (χ1) is 10.3. The Morgan fingerprint density at radius 3 is 2.71 bits per heavy atom. The summed E-state index contributed by atoms with van der Waals surface area (Å²) >= 11 is 0. The van der Waals surface area contributed by atoms with Crippen molar-refractivity contribution >= 4 is 0 Å². The van der Waals surface area contributed by atoms with Crippen molar-refractivity contribution in [3.63, 3.8) is 0 Å². The first-order valence-corrected chi connectivity index (χ1v) is 7.49. The molecule has 6 nitrogen and oxygen atoms in total. The lowest BCUT2D eigenvalue weighted by Crippen LogP contribution is -2.43. The van der Waals surface area contributed by atoms with E-state index in [0.717, 1.165) is 57.1 Å². The Balaban J connectivity index is 1.49. The molecule has 3 heterocycles. The van der Waals surface area contributed by atoms with Crippen molar-refractivity contribution in [2.24, 2.45) is 0 Å². The van der Waals surface area contributed by atoms with E-state index in [0.29, 0.717) is 0 Å². The second kappa shape index (κ2) is 6.78. The van der Waals surface area contributed by atoms with Gasteiger partial charge in [-0.1, -0.05) is 11.3 Å². The van der Waals surface area contributed by atoms with E-state index in [4.69, 9.17) is 0 Å². The molecule has 0 amide bonds. The largest absolute Gasteiger partial charge is 0.304 e. The molecule has 0 saturated carbocycles. The van der Waals surface area contributed by atoms with Crippen LogP contribution in [0.1, 0.15) is 11.4 Å². The normalized spacial score (nSPS) is 17.2. The quantitative estimate of drug-likeness (QED) is 0.808. The maximum atomic E-state index is 4.33. The summed E-state index contributed by atoms with van der Waals surface area (Å²) in [6.07, 6.45) is 4.77. The minimum atomic E-state index is 0.826. The highest BCUT2D eigenvalue weighted by Crippen LogP contribution is 2.05. The molecule has 0 aliphatic carbocycles. The number of hydrogen-bond acceptors (Lipinski definition) is 5. The summed E-state index contributed by atoms with van der Waals surface area (Å²) in [6, 6.07) is 6.00.